The highest BCUT2D eigenvalue weighted by molar-refractivity contribution is 6.32. The van der Waals surface area contributed by atoms with E-state index in [4.69, 9.17) is 21.1 Å². The molecule has 6 nitrogen and oxygen atoms in total. The smallest absolute Gasteiger partial charge is 0.222 e. The van der Waals surface area contributed by atoms with Crippen molar-refractivity contribution in [2.75, 3.05) is 39.4 Å². The Hall–Kier alpha value is -2.28. The quantitative estimate of drug-likeness (QED) is 0.503. The first kappa shape index (κ1) is 24.8. The lowest BCUT2D eigenvalue weighted by atomic mass is 9.93. The van der Waals surface area contributed by atoms with Crippen molar-refractivity contribution in [3.63, 3.8) is 0 Å². The molecule has 4 rings (SSSR count). The summed E-state index contributed by atoms with van der Waals surface area (Å²) in [6.07, 6.45) is 4.13. The summed E-state index contributed by atoms with van der Waals surface area (Å²) in [5, 5.41) is 11.7. The molecule has 0 aromatic heterocycles. The summed E-state index contributed by atoms with van der Waals surface area (Å²) in [5.74, 6) is 1.73. The Morgan fingerprint density at radius 3 is 2.68 bits per heavy atom. The van der Waals surface area contributed by atoms with Gasteiger partial charge in [-0.2, -0.15) is 0 Å². The number of piperidine rings is 1. The van der Waals surface area contributed by atoms with E-state index >= 15 is 0 Å². The number of carbonyl (C=O) groups excluding carboxylic acids is 1. The number of ether oxygens (including phenoxy) is 2. The fourth-order valence-electron chi connectivity index (χ4n) is 4.73. The molecule has 2 aliphatic heterocycles. The molecule has 1 amide bonds. The van der Waals surface area contributed by atoms with Crippen molar-refractivity contribution < 1.29 is 19.4 Å². The number of likely N-dealkylation sites (tertiary alicyclic amines) is 2. The zero-order valence-corrected chi connectivity index (χ0v) is 20.7. The van der Waals surface area contributed by atoms with E-state index in [9.17, 15) is 9.90 Å². The van der Waals surface area contributed by atoms with Crippen LogP contribution >= 0.6 is 11.6 Å². The second-order valence-corrected chi connectivity index (χ2v) is 10.00. The monoisotopic (exact) mass is 486 g/mol. The summed E-state index contributed by atoms with van der Waals surface area (Å²) < 4.78 is 11.8. The third kappa shape index (κ3) is 6.87. The van der Waals surface area contributed by atoms with E-state index in [1.807, 2.05) is 42.2 Å². The SMILES string of the molecule is Cc1ccc(Cl)c(OCC2(O)CCCN(Cc3ccc(OCCCN4CCCC4=O)cc3)C2)c1. The van der Waals surface area contributed by atoms with Crippen LogP contribution in [0.1, 0.15) is 43.2 Å². The number of benzene rings is 2. The first-order chi connectivity index (χ1) is 16.4. The van der Waals surface area contributed by atoms with Crippen LogP contribution in [0.25, 0.3) is 0 Å². The highest BCUT2D eigenvalue weighted by atomic mass is 35.5. The van der Waals surface area contributed by atoms with Crippen molar-refractivity contribution in [3.05, 3.63) is 58.6 Å². The maximum Gasteiger partial charge on any atom is 0.222 e. The Bertz CT molecular complexity index is 968. The summed E-state index contributed by atoms with van der Waals surface area (Å²) in [5.41, 5.74) is 1.36. The van der Waals surface area contributed by atoms with Crippen LogP contribution in [0.5, 0.6) is 11.5 Å². The molecule has 2 aromatic rings. The van der Waals surface area contributed by atoms with Gasteiger partial charge < -0.3 is 19.5 Å². The number of hydrogen-bond donors (Lipinski definition) is 1. The number of carbonyl (C=O) groups is 1. The summed E-state index contributed by atoms with van der Waals surface area (Å²) in [6.45, 7) is 6.75. The van der Waals surface area contributed by atoms with Crippen LogP contribution in [0.15, 0.2) is 42.5 Å². The molecule has 2 aromatic carbocycles. The Morgan fingerprint density at radius 1 is 1.09 bits per heavy atom. The van der Waals surface area contributed by atoms with Crippen LogP contribution in [-0.2, 0) is 11.3 Å². The van der Waals surface area contributed by atoms with Crippen molar-refractivity contribution in [1.82, 2.24) is 9.80 Å². The van der Waals surface area contributed by atoms with Gasteiger partial charge in [0.25, 0.3) is 0 Å². The zero-order valence-electron chi connectivity index (χ0n) is 20.0. The molecule has 2 saturated heterocycles. The number of amides is 1. The molecule has 1 unspecified atom stereocenters. The van der Waals surface area contributed by atoms with Gasteiger partial charge in [0.15, 0.2) is 0 Å². The van der Waals surface area contributed by atoms with Gasteiger partial charge >= 0.3 is 0 Å². The molecule has 2 fully saturated rings. The second kappa shape index (κ2) is 11.4. The molecule has 0 saturated carbocycles. The summed E-state index contributed by atoms with van der Waals surface area (Å²) in [4.78, 5) is 15.9. The van der Waals surface area contributed by atoms with Crippen molar-refractivity contribution >= 4 is 17.5 Å². The maximum atomic E-state index is 11.7. The fraction of sp³-hybridized carbons (Fsp3) is 0.519. The lowest BCUT2D eigenvalue weighted by molar-refractivity contribution is -0.127. The molecule has 1 atom stereocenters. The number of hydrogen-bond acceptors (Lipinski definition) is 5. The van der Waals surface area contributed by atoms with Gasteiger partial charge in [0, 0.05) is 32.6 Å². The third-order valence-electron chi connectivity index (χ3n) is 6.56. The largest absolute Gasteiger partial charge is 0.494 e. The Balaban J connectivity index is 1.22. The van der Waals surface area contributed by atoms with Crippen LogP contribution in [0.2, 0.25) is 5.02 Å². The number of nitrogens with zero attached hydrogens (tertiary/aromatic N) is 2. The molecule has 7 heteroatoms. The molecule has 0 radical (unpaired) electrons. The first-order valence-electron chi connectivity index (χ1n) is 12.2. The standard InChI is InChI=1S/C27H35ClN2O4/c1-21-6-11-24(28)25(17-21)34-20-27(32)12-3-13-29(19-27)18-22-7-9-23(10-8-22)33-16-4-15-30-14-2-5-26(30)31/h6-11,17,32H,2-5,12-16,18-20H2,1H3. The normalized spacial score (nSPS) is 21.1. The van der Waals surface area contributed by atoms with E-state index in [0.29, 0.717) is 36.8 Å². The van der Waals surface area contributed by atoms with E-state index < -0.39 is 5.60 Å². The second-order valence-electron chi connectivity index (χ2n) is 9.59. The predicted molar refractivity (Wildman–Crippen MR) is 134 cm³/mol. The molecule has 0 aliphatic carbocycles. The number of rotatable bonds is 10. The highest BCUT2D eigenvalue weighted by Crippen LogP contribution is 2.29. The van der Waals surface area contributed by atoms with Gasteiger partial charge in [0.1, 0.15) is 23.7 Å². The van der Waals surface area contributed by atoms with Gasteiger partial charge in [-0.25, -0.2) is 0 Å². The van der Waals surface area contributed by atoms with Crippen LogP contribution in [0, 0.1) is 6.92 Å². The minimum Gasteiger partial charge on any atom is -0.494 e. The van der Waals surface area contributed by atoms with Crippen LogP contribution in [-0.4, -0.2) is 65.8 Å². The summed E-state index contributed by atoms with van der Waals surface area (Å²) in [7, 11) is 0. The van der Waals surface area contributed by atoms with Crippen molar-refractivity contribution in [2.24, 2.45) is 0 Å². The lowest BCUT2D eigenvalue weighted by Crippen LogP contribution is -2.51. The summed E-state index contributed by atoms with van der Waals surface area (Å²) >= 11 is 6.24. The van der Waals surface area contributed by atoms with Crippen molar-refractivity contribution in [1.29, 1.82) is 0 Å². The molecule has 184 valence electrons. The van der Waals surface area contributed by atoms with Gasteiger partial charge in [-0.1, -0.05) is 29.8 Å². The Morgan fingerprint density at radius 2 is 1.91 bits per heavy atom. The van der Waals surface area contributed by atoms with Crippen molar-refractivity contribution in [3.8, 4) is 11.5 Å². The van der Waals surface area contributed by atoms with Gasteiger partial charge in [-0.3, -0.25) is 9.69 Å². The van der Waals surface area contributed by atoms with Crippen LogP contribution < -0.4 is 9.47 Å². The average molecular weight is 487 g/mol. The van der Waals surface area contributed by atoms with E-state index in [2.05, 4.69) is 17.0 Å². The molecule has 0 bridgehead atoms. The third-order valence-corrected chi connectivity index (χ3v) is 6.87. The molecule has 2 heterocycles. The zero-order chi connectivity index (χ0) is 24.0. The molecule has 1 N–H and O–H groups in total. The predicted octanol–water partition coefficient (Wildman–Crippen LogP) is 4.45. The van der Waals surface area contributed by atoms with Gasteiger partial charge in [0.05, 0.1) is 11.6 Å². The minimum atomic E-state index is -0.898. The number of aryl methyl sites for hydroxylation is 1. The highest BCUT2D eigenvalue weighted by Gasteiger charge is 2.34. The fourth-order valence-corrected chi connectivity index (χ4v) is 4.90. The van der Waals surface area contributed by atoms with E-state index in [0.717, 1.165) is 56.8 Å². The van der Waals surface area contributed by atoms with E-state index in [1.54, 1.807) is 0 Å². The average Bonchev–Trinajstić information content (AvgIpc) is 3.23. The lowest BCUT2D eigenvalue weighted by Gasteiger charge is -2.39. The molecular weight excluding hydrogens is 452 g/mol. The van der Waals surface area contributed by atoms with Crippen LogP contribution in [0.4, 0.5) is 0 Å². The Kier molecular flexibility index (Phi) is 8.35. The topological polar surface area (TPSA) is 62.2 Å². The van der Waals surface area contributed by atoms with Crippen LogP contribution in [0.3, 0.4) is 0 Å². The minimum absolute atomic E-state index is 0.225. The number of aliphatic hydroxyl groups is 1. The number of β-amino-alcohol motifs (C(OH)–C–C–N with tert-alkyl or cyclic N) is 1. The molecular formula is C27H35ClN2O4. The Labute approximate surface area is 207 Å². The first-order valence-corrected chi connectivity index (χ1v) is 12.6. The van der Waals surface area contributed by atoms with Crippen molar-refractivity contribution in [2.45, 2.75) is 51.2 Å². The van der Waals surface area contributed by atoms with Gasteiger partial charge in [-0.15, -0.1) is 0 Å². The maximum absolute atomic E-state index is 11.7. The number of halogens is 1. The van der Waals surface area contributed by atoms with E-state index in [-0.39, 0.29) is 12.5 Å². The molecule has 0 spiro atoms. The molecule has 34 heavy (non-hydrogen) atoms. The summed E-state index contributed by atoms with van der Waals surface area (Å²) in [6, 6.07) is 13.8. The van der Waals surface area contributed by atoms with E-state index in [1.165, 1.54) is 5.56 Å². The van der Waals surface area contributed by atoms with Gasteiger partial charge in [-0.05, 0) is 74.5 Å². The van der Waals surface area contributed by atoms with Gasteiger partial charge in [0.2, 0.25) is 5.91 Å². The molecule has 2 aliphatic rings.